The number of nitrogens with zero attached hydrogens (tertiary/aromatic N) is 1. The fourth-order valence-electron chi connectivity index (χ4n) is 3.49. The third-order valence-electron chi connectivity index (χ3n) is 4.72. The highest BCUT2D eigenvalue weighted by atomic mass is 19.1. The number of rotatable bonds is 2. The largest absolute Gasteiger partial charge is 0.493 e. The molecule has 5 nitrogen and oxygen atoms in total. The molecule has 0 saturated carbocycles. The molecule has 4 rings (SSSR count). The average molecular weight is 330 g/mol. The Morgan fingerprint density at radius 3 is 3.04 bits per heavy atom. The van der Waals surface area contributed by atoms with E-state index in [2.05, 4.69) is 10.5 Å². The smallest absolute Gasteiger partial charge is 0.274 e. The van der Waals surface area contributed by atoms with Gasteiger partial charge in [0.05, 0.1) is 12.6 Å². The number of carbonyl (C=O) groups excluding carboxylic acids is 1. The molecule has 24 heavy (non-hydrogen) atoms. The van der Waals surface area contributed by atoms with Crippen LogP contribution < -0.4 is 10.1 Å². The summed E-state index contributed by atoms with van der Waals surface area (Å²) >= 11 is 0. The zero-order valence-corrected chi connectivity index (χ0v) is 13.3. The lowest BCUT2D eigenvalue weighted by Gasteiger charge is -2.18. The first kappa shape index (κ1) is 15.2. The van der Waals surface area contributed by atoms with E-state index in [9.17, 15) is 9.18 Å². The second-order valence-corrected chi connectivity index (χ2v) is 6.34. The predicted octanol–water partition coefficient (Wildman–Crippen LogP) is 3.34. The number of amides is 1. The maximum absolute atomic E-state index is 13.4. The first-order valence-electron chi connectivity index (χ1n) is 8.43. The number of fused-ring (bicyclic) bond motifs is 2. The maximum atomic E-state index is 13.4. The lowest BCUT2D eigenvalue weighted by atomic mass is 9.96. The number of aromatic nitrogens is 1. The molecule has 6 heteroatoms. The molecule has 1 N–H and O–H groups in total. The van der Waals surface area contributed by atoms with Crippen LogP contribution in [0.4, 0.5) is 4.39 Å². The van der Waals surface area contributed by atoms with E-state index in [1.165, 1.54) is 12.1 Å². The Morgan fingerprint density at radius 1 is 1.25 bits per heavy atom. The van der Waals surface area contributed by atoms with Gasteiger partial charge in [-0.1, -0.05) is 11.2 Å². The molecule has 0 spiro atoms. The minimum Gasteiger partial charge on any atom is -0.493 e. The van der Waals surface area contributed by atoms with Gasteiger partial charge in [0.1, 0.15) is 17.3 Å². The van der Waals surface area contributed by atoms with E-state index in [4.69, 9.17) is 9.26 Å². The minimum absolute atomic E-state index is 0.216. The molecule has 1 atom stereocenters. The van der Waals surface area contributed by atoms with Crippen molar-refractivity contribution in [2.75, 3.05) is 6.61 Å². The van der Waals surface area contributed by atoms with Gasteiger partial charge in [-0.25, -0.2) is 4.39 Å². The molecule has 1 unspecified atom stereocenters. The Balaban J connectivity index is 1.59. The Morgan fingerprint density at radius 2 is 2.12 bits per heavy atom. The van der Waals surface area contributed by atoms with Crippen molar-refractivity contribution in [1.82, 2.24) is 10.5 Å². The minimum atomic E-state index is -0.341. The lowest BCUT2D eigenvalue weighted by Crippen LogP contribution is -2.29. The molecule has 1 amide bonds. The number of benzene rings is 1. The van der Waals surface area contributed by atoms with E-state index in [0.29, 0.717) is 18.1 Å². The van der Waals surface area contributed by atoms with Crippen LogP contribution in [-0.2, 0) is 12.8 Å². The molecule has 2 heterocycles. The number of hydrogen-bond donors (Lipinski definition) is 1. The van der Waals surface area contributed by atoms with Crippen LogP contribution in [0, 0.1) is 5.82 Å². The van der Waals surface area contributed by atoms with Gasteiger partial charge in [0.2, 0.25) is 0 Å². The summed E-state index contributed by atoms with van der Waals surface area (Å²) in [5, 5.41) is 7.00. The summed E-state index contributed by atoms with van der Waals surface area (Å²) in [6.07, 6.45) is 5.32. The fourth-order valence-corrected chi connectivity index (χ4v) is 3.49. The number of carbonyl (C=O) groups is 1. The van der Waals surface area contributed by atoms with Gasteiger partial charge in [0, 0.05) is 23.6 Å². The molecule has 1 aromatic carbocycles. The van der Waals surface area contributed by atoms with Gasteiger partial charge in [-0.2, -0.15) is 0 Å². The number of halogens is 1. The van der Waals surface area contributed by atoms with E-state index in [0.717, 1.165) is 55.4 Å². The van der Waals surface area contributed by atoms with Gasteiger partial charge in [-0.15, -0.1) is 0 Å². The van der Waals surface area contributed by atoms with E-state index in [-0.39, 0.29) is 17.8 Å². The highest BCUT2D eigenvalue weighted by Crippen LogP contribution is 2.32. The molecule has 2 aliphatic rings. The van der Waals surface area contributed by atoms with Crippen LogP contribution in [0.1, 0.15) is 59.1 Å². The Hall–Kier alpha value is -2.37. The summed E-state index contributed by atoms with van der Waals surface area (Å²) in [4.78, 5) is 12.7. The van der Waals surface area contributed by atoms with Gasteiger partial charge in [0.15, 0.2) is 5.69 Å². The lowest BCUT2D eigenvalue weighted by molar-refractivity contribution is 0.0924. The summed E-state index contributed by atoms with van der Waals surface area (Å²) in [5.74, 6) is 0.758. The van der Waals surface area contributed by atoms with Crippen molar-refractivity contribution < 1.29 is 18.4 Å². The Kier molecular flexibility index (Phi) is 3.96. The molecule has 0 fully saturated rings. The van der Waals surface area contributed by atoms with Crippen molar-refractivity contribution in [2.24, 2.45) is 0 Å². The normalized spacial score (nSPS) is 19.6. The van der Waals surface area contributed by atoms with E-state index >= 15 is 0 Å². The van der Waals surface area contributed by atoms with Crippen molar-refractivity contribution in [3.63, 3.8) is 0 Å². The SMILES string of the molecule is O=C(NC1CCCOc2cc(F)ccc21)c1noc2c1CCCC2. The Labute approximate surface area is 139 Å². The van der Waals surface area contributed by atoms with Gasteiger partial charge in [-0.05, 0) is 38.2 Å². The van der Waals surface area contributed by atoms with Crippen LogP contribution in [0.3, 0.4) is 0 Å². The third-order valence-corrected chi connectivity index (χ3v) is 4.72. The van der Waals surface area contributed by atoms with Crippen LogP contribution in [0.25, 0.3) is 0 Å². The third kappa shape index (κ3) is 2.77. The predicted molar refractivity (Wildman–Crippen MR) is 84.5 cm³/mol. The Bertz CT molecular complexity index is 772. The molecular weight excluding hydrogens is 311 g/mol. The summed E-state index contributed by atoms with van der Waals surface area (Å²) in [6.45, 7) is 0.516. The monoisotopic (exact) mass is 330 g/mol. The molecule has 126 valence electrons. The molecule has 0 radical (unpaired) electrons. The summed E-state index contributed by atoms with van der Waals surface area (Å²) in [6, 6.07) is 4.23. The summed E-state index contributed by atoms with van der Waals surface area (Å²) in [7, 11) is 0. The van der Waals surface area contributed by atoms with Crippen LogP contribution in [0.15, 0.2) is 22.7 Å². The highest BCUT2D eigenvalue weighted by molar-refractivity contribution is 5.94. The van der Waals surface area contributed by atoms with Gasteiger partial charge >= 0.3 is 0 Å². The number of ether oxygens (including phenoxy) is 1. The molecule has 1 aromatic heterocycles. The second-order valence-electron chi connectivity index (χ2n) is 6.34. The number of hydrogen-bond acceptors (Lipinski definition) is 4. The van der Waals surface area contributed by atoms with Crippen molar-refractivity contribution in [3.8, 4) is 5.75 Å². The molecule has 1 aliphatic heterocycles. The standard InChI is InChI=1S/C18H19FN2O3/c19-11-7-8-12-14(5-3-9-23-16(12)10-11)20-18(22)17-13-4-1-2-6-15(13)24-21-17/h7-8,10,14H,1-6,9H2,(H,20,22). The molecular formula is C18H19FN2O3. The molecule has 0 saturated heterocycles. The van der Waals surface area contributed by atoms with E-state index in [1.54, 1.807) is 6.07 Å². The summed E-state index contributed by atoms with van der Waals surface area (Å²) in [5.41, 5.74) is 2.13. The van der Waals surface area contributed by atoms with Crippen LogP contribution >= 0.6 is 0 Å². The van der Waals surface area contributed by atoms with Crippen LogP contribution in [0.5, 0.6) is 5.75 Å². The zero-order chi connectivity index (χ0) is 16.5. The average Bonchev–Trinajstić information content (AvgIpc) is 2.92. The van der Waals surface area contributed by atoms with E-state index in [1.807, 2.05) is 0 Å². The summed E-state index contributed by atoms with van der Waals surface area (Å²) < 4.78 is 24.4. The topological polar surface area (TPSA) is 64.4 Å². The molecule has 0 bridgehead atoms. The number of aryl methyl sites for hydroxylation is 1. The van der Waals surface area contributed by atoms with Crippen LogP contribution in [0.2, 0.25) is 0 Å². The first-order chi connectivity index (χ1) is 11.7. The van der Waals surface area contributed by atoms with Crippen molar-refractivity contribution in [1.29, 1.82) is 0 Å². The van der Waals surface area contributed by atoms with Crippen LogP contribution in [-0.4, -0.2) is 17.7 Å². The fraction of sp³-hybridized carbons (Fsp3) is 0.444. The molecule has 1 aliphatic carbocycles. The van der Waals surface area contributed by atoms with Gasteiger partial charge in [0.25, 0.3) is 5.91 Å². The highest BCUT2D eigenvalue weighted by Gasteiger charge is 2.27. The first-order valence-corrected chi connectivity index (χ1v) is 8.43. The van der Waals surface area contributed by atoms with Gasteiger partial charge < -0.3 is 14.6 Å². The van der Waals surface area contributed by atoms with Crippen molar-refractivity contribution in [3.05, 3.63) is 46.6 Å². The maximum Gasteiger partial charge on any atom is 0.274 e. The second kappa shape index (κ2) is 6.26. The van der Waals surface area contributed by atoms with Crippen molar-refractivity contribution in [2.45, 2.75) is 44.6 Å². The number of nitrogens with one attached hydrogen (secondary N) is 1. The van der Waals surface area contributed by atoms with Crippen molar-refractivity contribution >= 4 is 5.91 Å². The van der Waals surface area contributed by atoms with Gasteiger partial charge in [-0.3, -0.25) is 4.79 Å². The molecule has 2 aromatic rings. The van der Waals surface area contributed by atoms with E-state index < -0.39 is 0 Å². The zero-order valence-electron chi connectivity index (χ0n) is 13.3. The quantitative estimate of drug-likeness (QED) is 0.917.